The Hall–Kier alpha value is 0.310. The zero-order valence-corrected chi connectivity index (χ0v) is 9.89. The van der Waals surface area contributed by atoms with Gasteiger partial charge in [-0.15, -0.1) is 0 Å². The van der Waals surface area contributed by atoms with Crippen LogP contribution in [0.2, 0.25) is 0 Å². The molecule has 2 heteroatoms. The summed E-state index contributed by atoms with van der Waals surface area (Å²) in [5, 5.41) is 0. The van der Waals surface area contributed by atoms with Crippen molar-refractivity contribution in [1.82, 2.24) is 4.90 Å². The zero-order chi connectivity index (χ0) is 9.68. The van der Waals surface area contributed by atoms with Crippen molar-refractivity contribution in [2.45, 2.75) is 45.6 Å². The number of thiol groups is 1. The predicted molar refractivity (Wildman–Crippen MR) is 62.5 cm³/mol. The molecule has 0 N–H and O–H groups in total. The van der Waals surface area contributed by atoms with Gasteiger partial charge in [-0.1, -0.05) is 6.92 Å². The lowest BCUT2D eigenvalue weighted by molar-refractivity contribution is 0.112. The summed E-state index contributed by atoms with van der Waals surface area (Å²) in [5.41, 5.74) is 0. The molecular formula is C11H23NS. The Morgan fingerprint density at radius 1 is 1.31 bits per heavy atom. The molecule has 2 unspecified atom stereocenters. The Morgan fingerprint density at radius 2 is 2.08 bits per heavy atom. The van der Waals surface area contributed by atoms with Gasteiger partial charge in [0.2, 0.25) is 0 Å². The predicted octanol–water partition coefficient (Wildman–Crippen LogP) is 2.82. The van der Waals surface area contributed by atoms with Crippen molar-refractivity contribution in [2.75, 3.05) is 18.8 Å². The fourth-order valence-corrected chi connectivity index (χ4v) is 2.39. The molecule has 1 rings (SSSR count). The Bertz CT molecular complexity index is 138. The molecule has 0 aromatic heterocycles. The topological polar surface area (TPSA) is 3.24 Å². The van der Waals surface area contributed by atoms with E-state index in [0.717, 1.165) is 17.7 Å². The summed E-state index contributed by atoms with van der Waals surface area (Å²) < 4.78 is 0. The van der Waals surface area contributed by atoms with Crippen molar-refractivity contribution in [3.8, 4) is 0 Å². The summed E-state index contributed by atoms with van der Waals surface area (Å²) in [7, 11) is 0. The van der Waals surface area contributed by atoms with Crippen LogP contribution in [0.15, 0.2) is 0 Å². The van der Waals surface area contributed by atoms with Crippen molar-refractivity contribution in [1.29, 1.82) is 0 Å². The second-order valence-electron chi connectivity index (χ2n) is 4.33. The van der Waals surface area contributed by atoms with Crippen molar-refractivity contribution in [2.24, 2.45) is 5.92 Å². The quantitative estimate of drug-likeness (QED) is 0.541. The first-order valence-corrected chi connectivity index (χ1v) is 6.24. The van der Waals surface area contributed by atoms with E-state index in [1.54, 1.807) is 0 Å². The molecule has 1 heterocycles. The molecule has 0 amide bonds. The Labute approximate surface area is 88.3 Å². The molecule has 0 radical (unpaired) electrons. The fourth-order valence-electron chi connectivity index (χ4n) is 2.16. The van der Waals surface area contributed by atoms with E-state index in [0.29, 0.717) is 0 Å². The third-order valence-electron chi connectivity index (χ3n) is 3.36. The minimum absolute atomic E-state index is 0.800. The highest BCUT2D eigenvalue weighted by Gasteiger charge is 2.23. The number of hydrogen-bond acceptors (Lipinski definition) is 2. The van der Waals surface area contributed by atoms with Crippen LogP contribution in [-0.2, 0) is 0 Å². The summed E-state index contributed by atoms with van der Waals surface area (Å²) in [6.07, 6.45) is 5.40. The van der Waals surface area contributed by atoms with Gasteiger partial charge in [-0.05, 0) is 57.4 Å². The number of piperidine rings is 1. The van der Waals surface area contributed by atoms with Crippen LogP contribution in [0.4, 0.5) is 0 Å². The summed E-state index contributed by atoms with van der Waals surface area (Å²) >= 11 is 4.24. The van der Waals surface area contributed by atoms with Crippen LogP contribution in [0.3, 0.4) is 0 Å². The van der Waals surface area contributed by atoms with E-state index < -0.39 is 0 Å². The van der Waals surface area contributed by atoms with E-state index in [-0.39, 0.29) is 0 Å². The molecular weight excluding hydrogens is 178 g/mol. The number of rotatable bonds is 4. The minimum atomic E-state index is 0.800. The van der Waals surface area contributed by atoms with Crippen LogP contribution in [0.1, 0.15) is 39.5 Å². The van der Waals surface area contributed by atoms with E-state index in [4.69, 9.17) is 0 Å². The third-order valence-corrected chi connectivity index (χ3v) is 3.67. The SMILES string of the molecule is CC1CCCN(CCCCS)C1C. The van der Waals surface area contributed by atoms with Crippen LogP contribution in [0.5, 0.6) is 0 Å². The van der Waals surface area contributed by atoms with Crippen LogP contribution in [0, 0.1) is 5.92 Å². The molecule has 0 bridgehead atoms. The highest BCUT2D eigenvalue weighted by molar-refractivity contribution is 7.80. The molecule has 1 aliphatic heterocycles. The van der Waals surface area contributed by atoms with Gasteiger partial charge in [0.25, 0.3) is 0 Å². The smallest absolute Gasteiger partial charge is 0.00925 e. The van der Waals surface area contributed by atoms with E-state index in [2.05, 4.69) is 31.4 Å². The number of unbranched alkanes of at least 4 members (excludes halogenated alkanes) is 1. The molecule has 2 atom stereocenters. The van der Waals surface area contributed by atoms with Crippen LogP contribution in [0.25, 0.3) is 0 Å². The lowest BCUT2D eigenvalue weighted by Crippen LogP contribution is -2.42. The number of likely N-dealkylation sites (tertiary alicyclic amines) is 1. The van der Waals surface area contributed by atoms with Gasteiger partial charge in [0, 0.05) is 6.04 Å². The van der Waals surface area contributed by atoms with Gasteiger partial charge in [-0.2, -0.15) is 12.6 Å². The Morgan fingerprint density at radius 3 is 2.77 bits per heavy atom. The monoisotopic (exact) mass is 201 g/mol. The lowest BCUT2D eigenvalue weighted by Gasteiger charge is -2.37. The molecule has 1 aliphatic rings. The molecule has 13 heavy (non-hydrogen) atoms. The van der Waals surface area contributed by atoms with Gasteiger partial charge in [-0.25, -0.2) is 0 Å². The standard InChI is InChI=1S/C11H23NS/c1-10-6-5-8-12(11(10)2)7-3-4-9-13/h10-11,13H,3-9H2,1-2H3. The zero-order valence-electron chi connectivity index (χ0n) is 9.00. The van der Waals surface area contributed by atoms with Gasteiger partial charge in [0.15, 0.2) is 0 Å². The molecule has 0 aliphatic carbocycles. The van der Waals surface area contributed by atoms with E-state index in [1.807, 2.05) is 0 Å². The second kappa shape index (κ2) is 5.92. The summed E-state index contributed by atoms with van der Waals surface area (Å²) in [4.78, 5) is 2.65. The first kappa shape index (κ1) is 11.4. The maximum atomic E-state index is 4.24. The molecule has 0 spiro atoms. The lowest BCUT2D eigenvalue weighted by atomic mass is 9.92. The first-order valence-electron chi connectivity index (χ1n) is 5.60. The van der Waals surface area contributed by atoms with Gasteiger partial charge >= 0.3 is 0 Å². The molecule has 1 fully saturated rings. The highest BCUT2D eigenvalue weighted by Crippen LogP contribution is 2.22. The van der Waals surface area contributed by atoms with Gasteiger partial charge in [0.05, 0.1) is 0 Å². The molecule has 0 aromatic carbocycles. The fraction of sp³-hybridized carbons (Fsp3) is 1.00. The van der Waals surface area contributed by atoms with Crippen LogP contribution < -0.4 is 0 Å². The maximum Gasteiger partial charge on any atom is 0.00925 e. The number of hydrogen-bond donors (Lipinski definition) is 1. The third kappa shape index (κ3) is 3.51. The van der Waals surface area contributed by atoms with Gasteiger partial charge in [0.1, 0.15) is 0 Å². The molecule has 78 valence electrons. The normalized spacial score (nSPS) is 30.7. The van der Waals surface area contributed by atoms with Crippen molar-refractivity contribution >= 4 is 12.6 Å². The van der Waals surface area contributed by atoms with E-state index >= 15 is 0 Å². The van der Waals surface area contributed by atoms with Crippen molar-refractivity contribution in [3.05, 3.63) is 0 Å². The highest BCUT2D eigenvalue weighted by atomic mass is 32.1. The van der Waals surface area contributed by atoms with Crippen molar-refractivity contribution < 1.29 is 0 Å². The van der Waals surface area contributed by atoms with Crippen molar-refractivity contribution in [3.63, 3.8) is 0 Å². The number of nitrogens with zero attached hydrogens (tertiary/aromatic N) is 1. The maximum absolute atomic E-state index is 4.24. The second-order valence-corrected chi connectivity index (χ2v) is 4.77. The molecule has 1 nitrogen and oxygen atoms in total. The largest absolute Gasteiger partial charge is 0.300 e. The van der Waals surface area contributed by atoms with E-state index in [9.17, 15) is 0 Å². The summed E-state index contributed by atoms with van der Waals surface area (Å²) in [6, 6.07) is 0.800. The first-order chi connectivity index (χ1) is 6.25. The molecule has 0 saturated carbocycles. The summed E-state index contributed by atoms with van der Waals surface area (Å²) in [5.74, 6) is 1.93. The molecule has 0 aromatic rings. The Balaban J connectivity index is 2.23. The van der Waals surface area contributed by atoms with E-state index in [1.165, 1.54) is 38.8 Å². The van der Waals surface area contributed by atoms with Gasteiger partial charge < -0.3 is 4.90 Å². The molecule has 1 saturated heterocycles. The van der Waals surface area contributed by atoms with Gasteiger partial charge in [-0.3, -0.25) is 0 Å². The minimum Gasteiger partial charge on any atom is -0.300 e. The van der Waals surface area contributed by atoms with Crippen LogP contribution in [-0.4, -0.2) is 29.8 Å². The average molecular weight is 201 g/mol. The average Bonchev–Trinajstić information content (AvgIpc) is 2.13. The van der Waals surface area contributed by atoms with Crippen LogP contribution >= 0.6 is 12.6 Å². The Kier molecular flexibility index (Phi) is 5.18. The summed E-state index contributed by atoms with van der Waals surface area (Å²) in [6.45, 7) is 7.37.